The van der Waals surface area contributed by atoms with Crippen LogP contribution >= 0.6 is 15.6 Å². The zero-order valence-corrected chi connectivity index (χ0v) is 62.7. The van der Waals surface area contributed by atoms with E-state index in [0.29, 0.717) is 32.1 Å². The predicted octanol–water partition coefficient (Wildman–Crippen LogP) is 21.3. The Labute approximate surface area is 593 Å². The van der Waals surface area contributed by atoms with Gasteiger partial charge in [-0.15, -0.1) is 0 Å². The van der Waals surface area contributed by atoms with Crippen LogP contribution in [-0.4, -0.2) is 96.7 Å². The van der Waals surface area contributed by atoms with Gasteiger partial charge in [0.25, 0.3) is 0 Å². The number of hydrogen-bond donors (Lipinski definition) is 3. The third kappa shape index (κ3) is 69.7. The van der Waals surface area contributed by atoms with Gasteiger partial charge in [-0.25, -0.2) is 9.13 Å². The number of aliphatic hydroxyl groups is 1. The van der Waals surface area contributed by atoms with Gasteiger partial charge in [-0.2, -0.15) is 0 Å². The second kappa shape index (κ2) is 70.6. The van der Waals surface area contributed by atoms with Crippen molar-refractivity contribution in [1.82, 2.24) is 0 Å². The number of rotatable bonds is 69. The lowest BCUT2D eigenvalue weighted by atomic mass is 10.1. The summed E-state index contributed by atoms with van der Waals surface area (Å²) in [5.41, 5.74) is 0. The minimum absolute atomic E-state index is 0.0369. The molecule has 3 N–H and O–H groups in total. The highest BCUT2D eigenvalue weighted by atomic mass is 31.2. The van der Waals surface area contributed by atoms with Gasteiger partial charge in [0.15, 0.2) is 12.2 Å². The Morgan fingerprint density at radius 1 is 0.296 bits per heavy atom. The van der Waals surface area contributed by atoms with Gasteiger partial charge in [0.1, 0.15) is 19.3 Å². The molecule has 0 aromatic heterocycles. The van der Waals surface area contributed by atoms with Gasteiger partial charge in [-0.05, 0) is 148 Å². The summed E-state index contributed by atoms with van der Waals surface area (Å²) < 4.78 is 68.3. The Balaban J connectivity index is 5.39. The van der Waals surface area contributed by atoms with E-state index in [2.05, 4.69) is 161 Å². The Kier molecular flexibility index (Phi) is 67.2. The summed E-state index contributed by atoms with van der Waals surface area (Å²) in [5, 5.41) is 10.6. The van der Waals surface area contributed by atoms with Crippen molar-refractivity contribution >= 4 is 39.5 Å². The number of phosphoric ester groups is 2. The van der Waals surface area contributed by atoms with Crippen LogP contribution < -0.4 is 0 Å². The number of ether oxygens (including phenoxy) is 4. The summed E-state index contributed by atoms with van der Waals surface area (Å²) in [6.45, 7) is 4.39. The van der Waals surface area contributed by atoms with E-state index < -0.39 is 97.5 Å². The Bertz CT molecular complexity index is 2380. The lowest BCUT2D eigenvalue weighted by Crippen LogP contribution is -2.30. The second-order valence-electron chi connectivity index (χ2n) is 24.4. The molecule has 560 valence electrons. The molecule has 17 nitrogen and oxygen atoms in total. The fourth-order valence-corrected chi connectivity index (χ4v) is 11.0. The van der Waals surface area contributed by atoms with Crippen LogP contribution in [0.25, 0.3) is 0 Å². The van der Waals surface area contributed by atoms with Crippen molar-refractivity contribution in [2.24, 2.45) is 0 Å². The zero-order valence-electron chi connectivity index (χ0n) is 60.9. The number of phosphoric acid groups is 2. The Morgan fingerprint density at radius 2 is 0.531 bits per heavy atom. The van der Waals surface area contributed by atoms with E-state index >= 15 is 0 Å². The SMILES string of the molecule is CC/C=C\C/C=C\C/C=C\C/C=C\CCCCC(=O)OC(COC(=O)CCCCCCCCC/C=C\C/C=C\C/C=C\CC)COP(=O)(O)OCC(O)COP(=O)(O)OCC(COC(=O)CCCCCCC/C=C\C/C=C\C/C=C\CC)OC(=O)CCCCCCC/C=C\CCCC. The molecule has 0 fully saturated rings. The van der Waals surface area contributed by atoms with Crippen LogP contribution in [0, 0.1) is 0 Å². The van der Waals surface area contributed by atoms with Gasteiger partial charge >= 0.3 is 39.5 Å². The van der Waals surface area contributed by atoms with E-state index in [1.165, 1.54) is 12.8 Å². The summed E-state index contributed by atoms with van der Waals surface area (Å²) in [5.74, 6) is -2.27. The zero-order chi connectivity index (χ0) is 71.8. The van der Waals surface area contributed by atoms with Crippen LogP contribution in [0.1, 0.15) is 285 Å². The van der Waals surface area contributed by atoms with E-state index in [1.807, 2.05) is 0 Å². The van der Waals surface area contributed by atoms with Crippen molar-refractivity contribution in [3.63, 3.8) is 0 Å². The Hall–Kier alpha value is -4.80. The summed E-state index contributed by atoms with van der Waals surface area (Å²) in [7, 11) is -9.97. The first-order chi connectivity index (χ1) is 47.7. The first-order valence-corrected chi connectivity index (χ1v) is 40.4. The van der Waals surface area contributed by atoms with Gasteiger partial charge in [0.2, 0.25) is 0 Å². The van der Waals surface area contributed by atoms with E-state index in [9.17, 15) is 43.2 Å². The molecule has 5 atom stereocenters. The lowest BCUT2D eigenvalue weighted by Gasteiger charge is -2.21. The van der Waals surface area contributed by atoms with Crippen LogP contribution in [-0.2, 0) is 65.4 Å². The molecule has 19 heteroatoms. The number of aliphatic hydroxyl groups excluding tert-OH is 1. The van der Waals surface area contributed by atoms with Crippen LogP contribution in [0.3, 0.4) is 0 Å². The lowest BCUT2D eigenvalue weighted by molar-refractivity contribution is -0.161. The fourth-order valence-electron chi connectivity index (χ4n) is 9.45. The normalized spacial score (nSPS) is 14.7. The van der Waals surface area contributed by atoms with Crippen molar-refractivity contribution in [2.75, 3.05) is 39.6 Å². The number of carbonyl (C=O) groups excluding carboxylic acids is 4. The summed E-state index contributed by atoms with van der Waals surface area (Å²) in [4.78, 5) is 72.8. The van der Waals surface area contributed by atoms with Gasteiger partial charge < -0.3 is 33.8 Å². The molecule has 0 aromatic rings. The number of esters is 4. The predicted molar refractivity (Wildman–Crippen MR) is 399 cm³/mol. The highest BCUT2D eigenvalue weighted by Gasteiger charge is 2.30. The first kappa shape index (κ1) is 93.2. The van der Waals surface area contributed by atoms with Crippen molar-refractivity contribution in [1.29, 1.82) is 0 Å². The van der Waals surface area contributed by atoms with Crippen molar-refractivity contribution in [3.8, 4) is 0 Å². The molecule has 0 aliphatic heterocycles. The topological polar surface area (TPSA) is 237 Å². The third-order valence-corrected chi connectivity index (χ3v) is 17.0. The standard InChI is InChI=1S/C79H132O17P2/c1-5-9-13-17-21-25-29-32-35-36-39-41-45-48-52-56-60-64-77(82)90-70-75(96-79(84)66-62-58-54-50-46-42-38-34-31-27-23-19-15-11-7-3)72-94-98(87,88)92-68-73(80)67-91-97(85,86)93-71-74(95-78(83)65-61-57-53-49-43-28-24-20-16-12-8-4)69-89-76(81)63-59-55-51-47-44-40-37-33-30-26-22-18-14-10-6-2/h9-11,13-15,20-27,32-35,37-38,46,50,73-75,80H,5-8,12,16-19,28-31,36,39-45,47-49,51-72H2,1-4H3,(H,85,86)(H,87,88)/b13-9-,14-10-,15-11-,24-20-,25-21-,26-22-,27-23-,35-32-,37-33-,38-34-,50-46-. The molecule has 0 saturated carbocycles. The minimum Gasteiger partial charge on any atom is -0.462 e. The van der Waals surface area contributed by atoms with Gasteiger partial charge in [0, 0.05) is 25.7 Å². The van der Waals surface area contributed by atoms with Crippen LogP contribution in [0.15, 0.2) is 134 Å². The molecule has 0 bridgehead atoms. The average Bonchev–Trinajstić information content (AvgIpc) is 0.980. The maximum absolute atomic E-state index is 13.1. The molecule has 0 aliphatic carbocycles. The van der Waals surface area contributed by atoms with E-state index in [-0.39, 0.29) is 25.7 Å². The molecule has 5 unspecified atom stereocenters. The Morgan fingerprint density at radius 3 is 0.847 bits per heavy atom. The third-order valence-electron chi connectivity index (χ3n) is 15.1. The van der Waals surface area contributed by atoms with E-state index in [1.54, 1.807) is 0 Å². The molecule has 0 aliphatic rings. The van der Waals surface area contributed by atoms with E-state index in [0.717, 1.165) is 186 Å². The van der Waals surface area contributed by atoms with Gasteiger partial charge in [-0.3, -0.25) is 37.3 Å². The van der Waals surface area contributed by atoms with Crippen LogP contribution in [0.2, 0.25) is 0 Å². The molecule has 0 heterocycles. The number of carbonyl (C=O) groups is 4. The quantitative estimate of drug-likeness (QED) is 0.0169. The molecule has 0 spiro atoms. The fraction of sp³-hybridized carbons (Fsp3) is 0.671. The molecular formula is C79H132O17P2. The summed E-state index contributed by atoms with van der Waals surface area (Å²) in [6, 6.07) is 0. The highest BCUT2D eigenvalue weighted by molar-refractivity contribution is 7.47. The molecular weight excluding hydrogens is 1280 g/mol. The van der Waals surface area contributed by atoms with E-state index in [4.69, 9.17) is 37.0 Å². The molecule has 0 aromatic carbocycles. The van der Waals surface area contributed by atoms with Crippen LogP contribution in [0.4, 0.5) is 0 Å². The maximum Gasteiger partial charge on any atom is 0.472 e. The second-order valence-corrected chi connectivity index (χ2v) is 27.3. The molecule has 0 radical (unpaired) electrons. The summed E-state index contributed by atoms with van der Waals surface area (Å²) in [6.07, 6.45) is 77.4. The molecule has 98 heavy (non-hydrogen) atoms. The molecule has 0 saturated heterocycles. The summed E-state index contributed by atoms with van der Waals surface area (Å²) >= 11 is 0. The van der Waals surface area contributed by atoms with Crippen molar-refractivity contribution < 1.29 is 80.2 Å². The maximum atomic E-state index is 13.1. The number of allylic oxidation sites excluding steroid dienone is 22. The smallest absolute Gasteiger partial charge is 0.462 e. The van der Waals surface area contributed by atoms with Crippen LogP contribution in [0.5, 0.6) is 0 Å². The molecule has 0 amide bonds. The number of unbranched alkanes of at least 4 members (excludes halogenated alkanes) is 21. The molecule has 0 rings (SSSR count). The van der Waals surface area contributed by atoms with Crippen molar-refractivity contribution in [2.45, 2.75) is 303 Å². The average molecular weight is 1420 g/mol. The first-order valence-electron chi connectivity index (χ1n) is 37.4. The van der Waals surface area contributed by atoms with Gasteiger partial charge in [0.05, 0.1) is 26.4 Å². The minimum atomic E-state index is -4.99. The number of hydrogen-bond acceptors (Lipinski definition) is 15. The van der Waals surface area contributed by atoms with Crippen molar-refractivity contribution in [3.05, 3.63) is 134 Å². The van der Waals surface area contributed by atoms with Gasteiger partial charge in [-0.1, -0.05) is 245 Å². The largest absolute Gasteiger partial charge is 0.472 e. The highest BCUT2D eigenvalue weighted by Crippen LogP contribution is 2.45. The monoisotopic (exact) mass is 1410 g/mol.